The number of aromatic nitrogens is 3. The lowest BCUT2D eigenvalue weighted by Crippen LogP contribution is -2.15. The van der Waals surface area contributed by atoms with Crippen molar-refractivity contribution < 1.29 is 23.1 Å². The first-order valence-corrected chi connectivity index (χ1v) is 11.4. The molecule has 0 aliphatic carbocycles. The number of nitrogens with two attached hydrogens (primary N) is 1. The number of nitrogens with one attached hydrogen (secondary N) is 1. The number of carbonyl (C=O) groups is 1. The molecule has 0 atom stereocenters. The summed E-state index contributed by atoms with van der Waals surface area (Å²) in [6.07, 6.45) is -3.72. The minimum atomic E-state index is -4.30. The van der Waals surface area contributed by atoms with Crippen LogP contribution in [0.15, 0.2) is 64.6 Å². The number of aliphatic hydroxyl groups is 1. The van der Waals surface area contributed by atoms with E-state index in [4.69, 9.17) is 5.73 Å². The maximum atomic E-state index is 12.7. The molecule has 0 aliphatic rings. The molecule has 2 heterocycles. The Morgan fingerprint density at radius 1 is 1.20 bits per heavy atom. The van der Waals surface area contributed by atoms with Crippen LogP contribution in [-0.4, -0.2) is 38.3 Å². The van der Waals surface area contributed by atoms with E-state index in [2.05, 4.69) is 15.4 Å². The van der Waals surface area contributed by atoms with Gasteiger partial charge in [-0.3, -0.25) is 4.79 Å². The van der Waals surface area contributed by atoms with Crippen LogP contribution in [0.25, 0.3) is 16.9 Å². The molecule has 7 nitrogen and oxygen atoms in total. The average Bonchev–Trinajstić information content (AvgIpc) is 3.22. The molecule has 0 saturated heterocycles. The molecule has 4 rings (SSSR count). The number of halogens is 3. The molecule has 4 N–H and O–H groups in total. The van der Waals surface area contributed by atoms with Crippen LogP contribution in [0.3, 0.4) is 0 Å². The molecule has 35 heavy (non-hydrogen) atoms. The van der Waals surface area contributed by atoms with Crippen LogP contribution < -0.4 is 11.1 Å². The second-order valence-electron chi connectivity index (χ2n) is 7.83. The minimum absolute atomic E-state index is 0.163. The van der Waals surface area contributed by atoms with Gasteiger partial charge in [-0.2, -0.15) is 18.3 Å². The second kappa shape index (κ2) is 9.96. The summed E-state index contributed by atoms with van der Waals surface area (Å²) in [5.41, 5.74) is 9.24. The summed E-state index contributed by atoms with van der Waals surface area (Å²) in [5, 5.41) is 17.7. The molecule has 0 fully saturated rings. The lowest BCUT2D eigenvalue weighted by Gasteiger charge is -2.13. The number of aliphatic hydroxyl groups excluding tert-OH is 1. The van der Waals surface area contributed by atoms with Crippen LogP contribution in [0.1, 0.15) is 27.9 Å². The maximum absolute atomic E-state index is 12.7. The van der Waals surface area contributed by atoms with E-state index >= 15 is 0 Å². The Morgan fingerprint density at radius 2 is 1.97 bits per heavy atom. The Bertz CT molecular complexity index is 1390. The molecule has 0 unspecified atom stereocenters. The van der Waals surface area contributed by atoms with E-state index in [0.717, 1.165) is 4.90 Å². The summed E-state index contributed by atoms with van der Waals surface area (Å²) >= 11 is 1.28. The summed E-state index contributed by atoms with van der Waals surface area (Å²) in [6, 6.07) is 14.0. The third kappa shape index (κ3) is 5.57. The van der Waals surface area contributed by atoms with Gasteiger partial charge in [0.25, 0.3) is 0 Å². The zero-order valence-electron chi connectivity index (χ0n) is 18.6. The normalized spacial score (nSPS) is 11.7. The Balaban J connectivity index is 1.79. The topological polar surface area (TPSA) is 106 Å². The number of benzene rings is 2. The van der Waals surface area contributed by atoms with E-state index in [0.29, 0.717) is 44.3 Å². The number of aryl methyl sites for hydroxylation is 1. The standard InChI is InChI=1S/C24H22F3N5O2S/c1-14-10-15(6-7-17(14)22(28)34)19-12-30-23-18(29-9-8-24(25,26)27)11-21(31-32(19)23)35-20-5-3-2-4-16(20)13-33/h2-7,10-12,29,33H,8-9,13H2,1H3,(H2,28,34). The number of rotatable bonds is 8. The van der Waals surface area contributed by atoms with Gasteiger partial charge in [-0.05, 0) is 42.3 Å². The van der Waals surface area contributed by atoms with Gasteiger partial charge in [0.05, 0.1) is 30.6 Å². The van der Waals surface area contributed by atoms with Gasteiger partial charge in [-0.1, -0.05) is 36.0 Å². The van der Waals surface area contributed by atoms with E-state index in [-0.39, 0.29) is 13.2 Å². The minimum Gasteiger partial charge on any atom is -0.392 e. The molecular formula is C24H22F3N5O2S. The van der Waals surface area contributed by atoms with Crippen molar-refractivity contribution in [3.63, 3.8) is 0 Å². The highest BCUT2D eigenvalue weighted by molar-refractivity contribution is 7.99. The number of fused-ring (bicyclic) bond motifs is 1. The number of nitrogens with zero attached hydrogens (tertiary/aromatic N) is 3. The van der Waals surface area contributed by atoms with Gasteiger partial charge < -0.3 is 16.2 Å². The van der Waals surface area contributed by atoms with Crippen LogP contribution in [0.4, 0.5) is 18.9 Å². The van der Waals surface area contributed by atoms with Gasteiger partial charge in [-0.25, -0.2) is 9.50 Å². The zero-order chi connectivity index (χ0) is 25.2. The summed E-state index contributed by atoms with van der Waals surface area (Å²) in [6.45, 7) is 1.27. The quantitative estimate of drug-likeness (QED) is 0.320. The van der Waals surface area contributed by atoms with Crippen molar-refractivity contribution >= 4 is 29.0 Å². The summed E-state index contributed by atoms with van der Waals surface area (Å²) in [4.78, 5) is 16.8. The maximum Gasteiger partial charge on any atom is 0.390 e. The SMILES string of the molecule is Cc1cc(-c2cnc3c(NCCC(F)(F)F)cc(Sc4ccccc4CO)nn23)ccc1C(N)=O. The predicted molar refractivity (Wildman–Crippen MR) is 127 cm³/mol. The third-order valence-corrected chi connectivity index (χ3v) is 6.34. The predicted octanol–water partition coefficient (Wildman–Crippen LogP) is 4.81. The third-order valence-electron chi connectivity index (χ3n) is 5.31. The molecule has 0 bridgehead atoms. The van der Waals surface area contributed by atoms with E-state index in [1.807, 2.05) is 18.2 Å². The van der Waals surface area contributed by atoms with Crippen molar-refractivity contribution in [3.05, 3.63) is 71.4 Å². The molecule has 0 spiro atoms. The number of amides is 1. The van der Waals surface area contributed by atoms with Crippen molar-refractivity contribution in [2.75, 3.05) is 11.9 Å². The monoisotopic (exact) mass is 501 g/mol. The van der Waals surface area contributed by atoms with Crippen LogP contribution >= 0.6 is 11.8 Å². The lowest BCUT2D eigenvalue weighted by atomic mass is 10.0. The molecule has 0 saturated carbocycles. The molecule has 0 radical (unpaired) electrons. The fraction of sp³-hybridized carbons (Fsp3) is 0.208. The fourth-order valence-electron chi connectivity index (χ4n) is 3.61. The van der Waals surface area contributed by atoms with Crippen molar-refractivity contribution in [2.45, 2.75) is 36.0 Å². The second-order valence-corrected chi connectivity index (χ2v) is 8.89. The van der Waals surface area contributed by atoms with Gasteiger partial charge >= 0.3 is 6.18 Å². The van der Waals surface area contributed by atoms with Crippen LogP contribution in [0.2, 0.25) is 0 Å². The highest BCUT2D eigenvalue weighted by Gasteiger charge is 2.26. The summed E-state index contributed by atoms with van der Waals surface area (Å²) < 4.78 is 39.8. The van der Waals surface area contributed by atoms with E-state index < -0.39 is 18.5 Å². The van der Waals surface area contributed by atoms with Crippen LogP contribution in [-0.2, 0) is 6.61 Å². The number of imidazole rings is 1. The van der Waals surface area contributed by atoms with Crippen LogP contribution in [0, 0.1) is 6.92 Å². The number of carbonyl (C=O) groups excluding carboxylic acids is 1. The van der Waals surface area contributed by atoms with E-state index in [1.165, 1.54) is 11.8 Å². The number of anilines is 1. The first kappa shape index (κ1) is 24.6. The van der Waals surface area contributed by atoms with Crippen molar-refractivity contribution in [1.82, 2.24) is 14.6 Å². The Labute approximate surface area is 203 Å². The molecule has 2 aromatic heterocycles. The zero-order valence-corrected chi connectivity index (χ0v) is 19.5. The van der Waals surface area contributed by atoms with Gasteiger partial charge in [0.2, 0.25) is 5.91 Å². The molecule has 4 aromatic rings. The Kier molecular flexibility index (Phi) is 6.99. The lowest BCUT2D eigenvalue weighted by molar-refractivity contribution is -0.131. The first-order valence-electron chi connectivity index (χ1n) is 10.6. The molecule has 2 aromatic carbocycles. The molecule has 11 heteroatoms. The Morgan fingerprint density at radius 3 is 2.66 bits per heavy atom. The van der Waals surface area contributed by atoms with Crippen LogP contribution in [0.5, 0.6) is 0 Å². The summed E-state index contributed by atoms with van der Waals surface area (Å²) in [5.74, 6) is -0.539. The van der Waals surface area contributed by atoms with Crippen molar-refractivity contribution in [3.8, 4) is 11.3 Å². The molecule has 1 amide bonds. The largest absolute Gasteiger partial charge is 0.392 e. The fourth-order valence-corrected chi connectivity index (χ4v) is 4.54. The number of hydrogen-bond acceptors (Lipinski definition) is 6. The number of alkyl halides is 3. The van der Waals surface area contributed by atoms with E-state index in [9.17, 15) is 23.1 Å². The smallest absolute Gasteiger partial charge is 0.390 e. The van der Waals surface area contributed by atoms with Gasteiger partial charge in [0.1, 0.15) is 5.03 Å². The highest BCUT2D eigenvalue weighted by atomic mass is 32.2. The summed E-state index contributed by atoms with van der Waals surface area (Å²) in [7, 11) is 0. The van der Waals surface area contributed by atoms with Crippen molar-refractivity contribution in [2.24, 2.45) is 5.73 Å². The first-order chi connectivity index (χ1) is 16.7. The average molecular weight is 502 g/mol. The highest BCUT2D eigenvalue weighted by Crippen LogP contribution is 2.33. The van der Waals surface area contributed by atoms with Gasteiger partial charge in [0, 0.05) is 22.6 Å². The molecule has 182 valence electrons. The Hall–Kier alpha value is -3.57. The number of primary amides is 1. The van der Waals surface area contributed by atoms with Gasteiger partial charge in [0.15, 0.2) is 5.65 Å². The number of hydrogen-bond donors (Lipinski definition) is 3. The molecular weight excluding hydrogens is 479 g/mol. The van der Waals surface area contributed by atoms with Gasteiger partial charge in [-0.15, -0.1) is 0 Å². The van der Waals surface area contributed by atoms with E-state index in [1.54, 1.807) is 48.0 Å². The molecule has 0 aliphatic heterocycles. The van der Waals surface area contributed by atoms with Crippen molar-refractivity contribution in [1.29, 1.82) is 0 Å².